The number of rotatable bonds is 9. The van der Waals surface area contributed by atoms with E-state index in [1.165, 1.54) is 12.3 Å². The zero-order chi connectivity index (χ0) is 41.1. The number of nitrogens with one attached hydrogen (secondary N) is 2. The number of carbonyl (C=O) groups is 5. The van der Waals surface area contributed by atoms with Crippen molar-refractivity contribution in [3.05, 3.63) is 75.9 Å². The summed E-state index contributed by atoms with van der Waals surface area (Å²) in [5.41, 5.74) is 0.984. The number of nitriles is 1. The first-order chi connectivity index (χ1) is 28.4. The fourth-order valence-corrected chi connectivity index (χ4v) is 9.91. The van der Waals surface area contributed by atoms with Crippen LogP contribution in [0.15, 0.2) is 42.7 Å². The average Bonchev–Trinajstić information content (AvgIpc) is 3.52. The number of benzene rings is 2. The number of aromatic nitrogens is 2. The van der Waals surface area contributed by atoms with Crippen LogP contribution in [0.2, 0.25) is 5.02 Å². The zero-order valence-corrected chi connectivity index (χ0v) is 33.2. The number of amides is 5. The minimum atomic E-state index is -1.10. The second-order valence-electron chi connectivity index (χ2n) is 16.6. The van der Waals surface area contributed by atoms with Gasteiger partial charge >= 0.3 is 0 Å². The first-order valence-electron chi connectivity index (χ1n) is 20.2. The molecule has 17 heteroatoms. The number of anilines is 2. The summed E-state index contributed by atoms with van der Waals surface area (Å²) in [4.78, 5) is 80.2. The van der Waals surface area contributed by atoms with Crippen molar-refractivity contribution in [2.45, 2.75) is 69.7 Å². The largest absolute Gasteiger partial charge is 0.490 e. The van der Waals surface area contributed by atoms with E-state index < -0.39 is 35.5 Å². The lowest BCUT2D eigenvalue weighted by atomic mass is 9.93. The van der Waals surface area contributed by atoms with Crippen LogP contribution in [0.4, 0.5) is 15.9 Å². The van der Waals surface area contributed by atoms with Crippen LogP contribution < -0.4 is 25.2 Å². The molecule has 5 atom stereocenters. The van der Waals surface area contributed by atoms with Gasteiger partial charge in [-0.1, -0.05) is 11.6 Å². The van der Waals surface area contributed by atoms with Crippen molar-refractivity contribution in [1.29, 1.82) is 5.26 Å². The second kappa shape index (κ2) is 15.5. The Kier molecular flexibility index (Phi) is 10.2. The van der Waals surface area contributed by atoms with Crippen molar-refractivity contribution in [2.75, 3.05) is 49.1 Å². The van der Waals surface area contributed by atoms with Crippen LogP contribution in [0.5, 0.6) is 5.75 Å². The highest BCUT2D eigenvalue weighted by Gasteiger charge is 2.56. The molecule has 5 heterocycles. The van der Waals surface area contributed by atoms with Crippen LogP contribution in [0.3, 0.4) is 0 Å². The molecule has 3 aromatic rings. The Balaban J connectivity index is 0.725. The molecule has 5 fully saturated rings. The van der Waals surface area contributed by atoms with Gasteiger partial charge in [0.15, 0.2) is 0 Å². The van der Waals surface area contributed by atoms with Crippen molar-refractivity contribution < 1.29 is 33.1 Å². The Morgan fingerprint density at radius 3 is 2.39 bits per heavy atom. The highest BCUT2D eigenvalue weighted by Crippen LogP contribution is 2.53. The summed E-state index contributed by atoms with van der Waals surface area (Å²) in [6.07, 6.45) is 6.34. The summed E-state index contributed by atoms with van der Waals surface area (Å²) < 4.78 is 21.6. The first-order valence-corrected chi connectivity index (χ1v) is 20.6. The van der Waals surface area contributed by atoms with Gasteiger partial charge < -0.3 is 19.9 Å². The molecule has 9 rings (SSSR count). The molecule has 1 unspecified atom stereocenters. The lowest BCUT2D eigenvalue weighted by molar-refractivity contribution is -0.136. The first kappa shape index (κ1) is 38.8. The topological polar surface area (TPSA) is 181 Å². The van der Waals surface area contributed by atoms with Crippen LogP contribution in [0, 0.1) is 34.9 Å². The van der Waals surface area contributed by atoms with Crippen LogP contribution in [0.1, 0.15) is 82.2 Å². The number of hydrogen-bond acceptors (Lipinski definition) is 12. The van der Waals surface area contributed by atoms with Gasteiger partial charge in [-0.3, -0.25) is 39.1 Å². The lowest BCUT2D eigenvalue weighted by Crippen LogP contribution is -2.54. The summed E-state index contributed by atoms with van der Waals surface area (Å²) in [7, 11) is 0. The van der Waals surface area contributed by atoms with Crippen LogP contribution in [0.25, 0.3) is 0 Å². The molecule has 3 saturated heterocycles. The van der Waals surface area contributed by atoms with Crippen molar-refractivity contribution in [3.8, 4) is 11.8 Å². The third kappa shape index (κ3) is 7.46. The Bertz CT molecular complexity index is 2270. The standard InChI is InChI=1S/C42H43ClFN9O6/c1-22-18-50(10-11-52(22)37-17-46-34(16-47-37)39(55)48-24-3-6-25(7-4-24)59-26-5-2-23(15-45)32(43)12-26)19-29-30-20-51(21-31(29)30)36-14-28-27(13-33(36)44)41(57)53(42(28)58)35-8-9-38(54)49-40(35)56/h2,5,12-14,16-17,22,24-25,29-31,35H,3-4,6-11,18-21H2,1H3,(H,48,55)(H,49,54,56)/t22-,24-,25-,29-,30-,31+,35?/m0/s1. The maximum atomic E-state index is 15.5. The Hall–Kier alpha value is -5.66. The molecule has 2 saturated carbocycles. The quantitative estimate of drug-likeness (QED) is 0.300. The number of ether oxygens (including phenoxy) is 1. The van der Waals surface area contributed by atoms with Crippen molar-refractivity contribution in [3.63, 3.8) is 0 Å². The lowest BCUT2D eigenvalue weighted by Gasteiger charge is -2.40. The molecule has 0 radical (unpaired) electrons. The summed E-state index contributed by atoms with van der Waals surface area (Å²) in [5.74, 6) is -0.713. The van der Waals surface area contributed by atoms with Gasteiger partial charge in [0.25, 0.3) is 17.7 Å². The highest BCUT2D eigenvalue weighted by molar-refractivity contribution is 6.31. The van der Waals surface area contributed by atoms with Gasteiger partial charge in [-0.25, -0.2) is 14.4 Å². The smallest absolute Gasteiger partial charge is 0.271 e. The average molecular weight is 824 g/mol. The van der Waals surface area contributed by atoms with E-state index in [4.69, 9.17) is 21.6 Å². The molecule has 1 aromatic heterocycles. The fraction of sp³-hybridized carbons (Fsp3) is 0.476. The molecule has 6 aliphatic rings. The maximum absolute atomic E-state index is 15.5. The van der Waals surface area contributed by atoms with Crippen LogP contribution in [-0.2, 0) is 9.59 Å². The Morgan fingerprint density at radius 2 is 1.73 bits per heavy atom. The van der Waals surface area contributed by atoms with E-state index in [-0.39, 0.29) is 59.4 Å². The Morgan fingerprint density at radius 1 is 0.983 bits per heavy atom. The van der Waals surface area contributed by atoms with Gasteiger partial charge in [0.05, 0.1) is 45.9 Å². The zero-order valence-electron chi connectivity index (χ0n) is 32.4. The normalized spacial score (nSPS) is 27.9. The molecule has 2 aliphatic carbocycles. The van der Waals surface area contributed by atoms with E-state index in [0.29, 0.717) is 47.2 Å². The van der Waals surface area contributed by atoms with Gasteiger partial charge in [0, 0.05) is 63.8 Å². The summed E-state index contributed by atoms with van der Waals surface area (Å²) >= 11 is 6.15. The molecule has 306 valence electrons. The van der Waals surface area contributed by atoms with E-state index >= 15 is 4.39 Å². The molecular weight excluding hydrogens is 781 g/mol. The van der Waals surface area contributed by atoms with Gasteiger partial charge in [-0.2, -0.15) is 5.26 Å². The summed E-state index contributed by atoms with van der Waals surface area (Å²) in [5, 5.41) is 14.7. The Labute approximate surface area is 344 Å². The van der Waals surface area contributed by atoms with Crippen molar-refractivity contribution in [2.24, 2.45) is 17.8 Å². The summed E-state index contributed by atoms with van der Waals surface area (Å²) in [6.45, 7) is 6.85. The third-order valence-corrected chi connectivity index (χ3v) is 13.3. The molecule has 15 nitrogen and oxygen atoms in total. The van der Waals surface area contributed by atoms with Crippen LogP contribution in [-0.4, -0.2) is 113 Å². The minimum Gasteiger partial charge on any atom is -0.490 e. The van der Waals surface area contributed by atoms with E-state index in [1.54, 1.807) is 24.4 Å². The fourth-order valence-electron chi connectivity index (χ4n) is 9.70. The van der Waals surface area contributed by atoms with Crippen LogP contribution >= 0.6 is 11.6 Å². The molecule has 2 N–H and O–H groups in total. The van der Waals surface area contributed by atoms with Gasteiger partial charge in [-0.15, -0.1) is 0 Å². The number of carbonyl (C=O) groups excluding carboxylic acids is 5. The molecule has 4 aliphatic heterocycles. The molecule has 0 spiro atoms. The van der Waals surface area contributed by atoms with Gasteiger partial charge in [0.2, 0.25) is 11.8 Å². The minimum absolute atomic E-state index is 0.00286. The van der Waals surface area contributed by atoms with E-state index in [2.05, 4.69) is 37.3 Å². The SMILES string of the molecule is C[C@H]1CN(C[C@@H]2[C@H]3CN(c4cc5c(cc4F)C(=O)N(C4CCC(=O)NC4=O)C5=O)C[C@@H]23)CCN1c1cnc(C(=O)N[C@H]2CC[C@H](Oc3ccc(C#N)c(Cl)c3)CC2)cn1. The molecule has 59 heavy (non-hydrogen) atoms. The number of imide groups is 2. The second-order valence-corrected chi connectivity index (χ2v) is 17.0. The number of nitrogens with zero attached hydrogens (tertiary/aromatic N) is 7. The van der Waals surface area contributed by atoms with Crippen molar-refractivity contribution in [1.82, 2.24) is 30.4 Å². The third-order valence-electron chi connectivity index (χ3n) is 12.9. The predicted molar refractivity (Wildman–Crippen MR) is 211 cm³/mol. The van der Waals surface area contributed by atoms with Crippen molar-refractivity contribution >= 4 is 52.6 Å². The van der Waals surface area contributed by atoms with E-state index in [9.17, 15) is 24.0 Å². The number of fused-ring (bicyclic) bond motifs is 2. The van der Waals surface area contributed by atoms with E-state index in [0.717, 1.165) is 68.6 Å². The van der Waals surface area contributed by atoms with Gasteiger partial charge in [0.1, 0.15) is 35.2 Å². The number of piperidine rings is 2. The number of piperazine rings is 1. The predicted octanol–water partition coefficient (Wildman–Crippen LogP) is 3.55. The molecule has 5 amide bonds. The van der Waals surface area contributed by atoms with Gasteiger partial charge in [-0.05, 0) is 81.0 Å². The molecule has 0 bridgehead atoms. The molecule has 2 aromatic carbocycles. The maximum Gasteiger partial charge on any atom is 0.271 e. The highest BCUT2D eigenvalue weighted by atomic mass is 35.5. The monoisotopic (exact) mass is 823 g/mol. The van der Waals surface area contributed by atoms with E-state index in [1.807, 2.05) is 11.0 Å². The molecular formula is C42H43ClFN9O6. The number of hydrogen-bond donors (Lipinski definition) is 2. The summed E-state index contributed by atoms with van der Waals surface area (Å²) in [6, 6.07) is 8.73. The number of halogens is 2.